The fourth-order valence-corrected chi connectivity index (χ4v) is 1.33. The van der Waals surface area contributed by atoms with E-state index in [-0.39, 0.29) is 17.0 Å². The summed E-state index contributed by atoms with van der Waals surface area (Å²) in [7, 11) is 1.43. The topological polar surface area (TPSA) is 69.4 Å². The first-order valence-corrected chi connectivity index (χ1v) is 4.31. The highest BCUT2D eigenvalue weighted by Gasteiger charge is 2.19. The van der Waals surface area contributed by atoms with E-state index in [1.807, 2.05) is 0 Å². The number of carbonyl (C=O) groups is 1. The summed E-state index contributed by atoms with van der Waals surface area (Å²) in [6, 6.07) is 2.74. The maximum Gasteiger partial charge on any atom is 0.283 e. The Morgan fingerprint density at radius 1 is 1.47 bits per heavy atom. The average Bonchev–Trinajstić information content (AvgIpc) is 2.16. The molecule has 0 saturated heterocycles. The van der Waals surface area contributed by atoms with Gasteiger partial charge in [-0.05, 0) is 25.5 Å². The van der Waals surface area contributed by atoms with Crippen LogP contribution >= 0.6 is 0 Å². The average molecular weight is 209 g/mol. The summed E-state index contributed by atoms with van der Waals surface area (Å²) in [5.41, 5.74) is 0.594. The Balaban J connectivity index is 3.45. The Morgan fingerprint density at radius 2 is 2.07 bits per heavy atom. The molecule has 0 bridgehead atoms. The zero-order valence-electron chi connectivity index (χ0n) is 8.73. The predicted molar refractivity (Wildman–Crippen MR) is 54.4 cm³/mol. The molecule has 5 heteroatoms. The molecule has 80 valence electrons. The number of carbonyl (C=O) groups excluding carboxylic acids is 1. The van der Waals surface area contributed by atoms with Gasteiger partial charge in [0.15, 0.2) is 5.78 Å². The van der Waals surface area contributed by atoms with Gasteiger partial charge in [0.25, 0.3) is 5.69 Å². The van der Waals surface area contributed by atoms with Crippen LogP contribution in [0.5, 0.6) is 5.75 Å². The Labute approximate surface area is 86.8 Å². The fraction of sp³-hybridized carbons (Fsp3) is 0.300. The van der Waals surface area contributed by atoms with Crippen molar-refractivity contribution in [3.8, 4) is 5.75 Å². The highest BCUT2D eigenvalue weighted by Crippen LogP contribution is 2.28. The molecule has 0 unspecified atom stereocenters. The summed E-state index contributed by atoms with van der Waals surface area (Å²) in [6.45, 7) is 3.03. The molecule has 0 amide bonds. The van der Waals surface area contributed by atoms with E-state index < -0.39 is 4.92 Å². The minimum absolute atomic E-state index is 0.110. The molecule has 0 aromatic heterocycles. The molecule has 0 aliphatic carbocycles. The van der Waals surface area contributed by atoms with Gasteiger partial charge in [0.2, 0.25) is 0 Å². The van der Waals surface area contributed by atoms with Gasteiger partial charge in [-0.25, -0.2) is 0 Å². The SMILES string of the molecule is COc1cc([N+](=O)[O-])c(C(C)=O)cc1C. The lowest BCUT2D eigenvalue weighted by Gasteiger charge is -2.06. The van der Waals surface area contributed by atoms with Crippen molar-refractivity contribution in [2.45, 2.75) is 13.8 Å². The maximum absolute atomic E-state index is 11.2. The van der Waals surface area contributed by atoms with Crippen molar-refractivity contribution in [2.24, 2.45) is 0 Å². The summed E-state index contributed by atoms with van der Waals surface area (Å²) < 4.78 is 4.95. The zero-order valence-corrected chi connectivity index (χ0v) is 8.73. The third kappa shape index (κ3) is 2.12. The number of benzene rings is 1. The van der Waals surface area contributed by atoms with Gasteiger partial charge in [-0.15, -0.1) is 0 Å². The van der Waals surface area contributed by atoms with Crippen molar-refractivity contribution in [3.63, 3.8) is 0 Å². The van der Waals surface area contributed by atoms with Gasteiger partial charge in [-0.2, -0.15) is 0 Å². The van der Waals surface area contributed by atoms with Gasteiger partial charge in [0.1, 0.15) is 5.75 Å². The van der Waals surface area contributed by atoms with Crippen molar-refractivity contribution >= 4 is 11.5 Å². The summed E-state index contributed by atoms with van der Waals surface area (Å²) >= 11 is 0. The van der Waals surface area contributed by atoms with Crippen LogP contribution in [0.4, 0.5) is 5.69 Å². The largest absolute Gasteiger partial charge is 0.496 e. The molecular formula is C10H11NO4. The van der Waals surface area contributed by atoms with E-state index >= 15 is 0 Å². The highest BCUT2D eigenvalue weighted by molar-refractivity contribution is 5.98. The van der Waals surface area contributed by atoms with Gasteiger partial charge >= 0.3 is 0 Å². The van der Waals surface area contributed by atoms with E-state index in [1.165, 1.54) is 26.2 Å². The van der Waals surface area contributed by atoms with Crippen LogP contribution < -0.4 is 4.74 Å². The Kier molecular flexibility index (Phi) is 3.04. The molecule has 0 fully saturated rings. The molecular weight excluding hydrogens is 198 g/mol. The van der Waals surface area contributed by atoms with Gasteiger partial charge in [-0.1, -0.05) is 0 Å². The van der Waals surface area contributed by atoms with E-state index in [4.69, 9.17) is 4.74 Å². The minimum atomic E-state index is -0.585. The number of hydrogen-bond acceptors (Lipinski definition) is 4. The lowest BCUT2D eigenvalue weighted by Crippen LogP contribution is -2.02. The lowest BCUT2D eigenvalue weighted by atomic mass is 10.1. The number of nitro groups is 1. The van der Waals surface area contributed by atoms with E-state index in [0.29, 0.717) is 11.3 Å². The molecule has 1 aromatic rings. The standard InChI is InChI=1S/C10H11NO4/c1-6-4-8(7(2)12)9(11(13)14)5-10(6)15-3/h4-5H,1-3H3. The van der Waals surface area contributed by atoms with Crippen LogP contribution in [0.2, 0.25) is 0 Å². The lowest BCUT2D eigenvalue weighted by molar-refractivity contribution is -0.385. The quantitative estimate of drug-likeness (QED) is 0.434. The van der Waals surface area contributed by atoms with Crippen LogP contribution in [0.1, 0.15) is 22.8 Å². The van der Waals surface area contributed by atoms with Gasteiger partial charge in [-0.3, -0.25) is 14.9 Å². The number of Topliss-reactive ketones (excluding diaryl/α,β-unsaturated/α-hetero) is 1. The van der Waals surface area contributed by atoms with Gasteiger partial charge in [0, 0.05) is 0 Å². The van der Waals surface area contributed by atoms with Gasteiger partial charge in [0.05, 0.1) is 23.7 Å². The number of rotatable bonds is 3. The molecule has 0 N–H and O–H groups in total. The molecule has 0 aliphatic heterocycles. The zero-order chi connectivity index (χ0) is 11.6. The van der Waals surface area contributed by atoms with Crippen molar-refractivity contribution in [2.75, 3.05) is 7.11 Å². The number of ketones is 1. The second kappa shape index (κ2) is 4.08. The maximum atomic E-state index is 11.2. The molecule has 0 heterocycles. The summed E-state index contributed by atoms with van der Waals surface area (Å²) in [6.07, 6.45) is 0. The first-order chi connectivity index (χ1) is 6.97. The molecule has 1 aromatic carbocycles. The number of hydrogen-bond donors (Lipinski definition) is 0. The third-order valence-corrected chi connectivity index (χ3v) is 2.09. The molecule has 15 heavy (non-hydrogen) atoms. The molecule has 1 rings (SSSR count). The monoisotopic (exact) mass is 209 g/mol. The van der Waals surface area contributed by atoms with Crippen molar-refractivity contribution in [1.29, 1.82) is 0 Å². The summed E-state index contributed by atoms with van der Waals surface area (Å²) in [5, 5.41) is 10.7. The van der Waals surface area contributed by atoms with E-state index in [0.717, 1.165) is 0 Å². The van der Waals surface area contributed by atoms with Crippen molar-refractivity contribution in [1.82, 2.24) is 0 Å². The van der Waals surface area contributed by atoms with E-state index in [1.54, 1.807) is 6.92 Å². The van der Waals surface area contributed by atoms with E-state index in [2.05, 4.69) is 0 Å². The first-order valence-electron chi connectivity index (χ1n) is 4.31. The predicted octanol–water partition coefficient (Wildman–Crippen LogP) is 2.11. The highest BCUT2D eigenvalue weighted by atomic mass is 16.6. The Bertz CT molecular complexity index is 426. The number of methoxy groups -OCH3 is 1. The minimum Gasteiger partial charge on any atom is -0.496 e. The first kappa shape index (κ1) is 11.2. The fourth-order valence-electron chi connectivity index (χ4n) is 1.33. The van der Waals surface area contributed by atoms with Crippen LogP contribution in [0.25, 0.3) is 0 Å². The second-order valence-electron chi connectivity index (χ2n) is 3.15. The Hall–Kier alpha value is -1.91. The van der Waals surface area contributed by atoms with Crippen molar-refractivity contribution in [3.05, 3.63) is 33.4 Å². The molecule has 5 nitrogen and oxygen atoms in total. The smallest absolute Gasteiger partial charge is 0.283 e. The number of nitro benzene ring substituents is 1. The second-order valence-corrected chi connectivity index (χ2v) is 3.15. The van der Waals surface area contributed by atoms with Crippen LogP contribution in [-0.2, 0) is 0 Å². The molecule has 0 radical (unpaired) electrons. The summed E-state index contributed by atoms with van der Waals surface area (Å²) in [5.74, 6) is 0.0825. The van der Waals surface area contributed by atoms with Crippen molar-refractivity contribution < 1.29 is 14.5 Å². The van der Waals surface area contributed by atoms with Crippen LogP contribution in [0.3, 0.4) is 0 Å². The van der Waals surface area contributed by atoms with Crippen LogP contribution in [0.15, 0.2) is 12.1 Å². The molecule has 0 saturated carbocycles. The normalized spacial score (nSPS) is 9.80. The van der Waals surface area contributed by atoms with E-state index in [9.17, 15) is 14.9 Å². The molecule has 0 spiro atoms. The molecule has 0 aliphatic rings. The summed E-state index contributed by atoms with van der Waals surface area (Å²) in [4.78, 5) is 21.3. The Morgan fingerprint density at radius 3 is 2.47 bits per heavy atom. The van der Waals surface area contributed by atoms with Crippen LogP contribution in [0, 0.1) is 17.0 Å². The molecule has 0 atom stereocenters. The third-order valence-electron chi connectivity index (χ3n) is 2.09. The van der Waals surface area contributed by atoms with Gasteiger partial charge < -0.3 is 4.74 Å². The number of nitrogens with zero attached hydrogens (tertiary/aromatic N) is 1. The van der Waals surface area contributed by atoms with Crippen LogP contribution in [-0.4, -0.2) is 17.8 Å². The number of aryl methyl sites for hydroxylation is 1. The number of ether oxygens (including phenoxy) is 1.